The average molecular weight is 406 g/mol. The molecule has 0 aliphatic rings. The molecule has 0 N–H and O–H groups in total. The average Bonchev–Trinajstić information content (AvgIpc) is 2.71. The standard InChI is InChI=1S/C17H30N.C6H6O3S/c1-2-3-4-5-6-7-8-9-10-12-15-18-16-13-11-14-17-18;7-10(8,9)6-4-2-1-3-5-6/h11,13-14,16-17H,2-10,12,15H2,1H3;1-5H,(H,7,8,9)/q+1;/p-1. The molecule has 0 bridgehead atoms. The zero-order valence-electron chi connectivity index (χ0n) is 17.1. The molecule has 1 aromatic heterocycles. The van der Waals surface area contributed by atoms with E-state index in [0.717, 1.165) is 0 Å². The number of hydrogen-bond acceptors (Lipinski definition) is 3. The second-order valence-electron chi connectivity index (χ2n) is 7.06. The van der Waals surface area contributed by atoms with Gasteiger partial charge in [0.1, 0.15) is 16.7 Å². The summed E-state index contributed by atoms with van der Waals surface area (Å²) in [5, 5.41) is 0. The van der Waals surface area contributed by atoms with Crippen molar-refractivity contribution in [1.82, 2.24) is 0 Å². The third kappa shape index (κ3) is 12.6. The van der Waals surface area contributed by atoms with Gasteiger partial charge in [0.05, 0.1) is 4.90 Å². The van der Waals surface area contributed by atoms with Crippen LogP contribution in [0.1, 0.15) is 71.1 Å². The van der Waals surface area contributed by atoms with Gasteiger partial charge < -0.3 is 4.55 Å². The Morgan fingerprint density at radius 3 is 1.64 bits per heavy atom. The Hall–Kier alpha value is -1.72. The predicted molar refractivity (Wildman–Crippen MR) is 113 cm³/mol. The van der Waals surface area contributed by atoms with Crippen molar-refractivity contribution in [3.8, 4) is 0 Å². The molecule has 0 fully saturated rings. The summed E-state index contributed by atoms with van der Waals surface area (Å²) in [6, 6.07) is 13.5. The van der Waals surface area contributed by atoms with Gasteiger partial charge in [-0.15, -0.1) is 0 Å². The molecular weight excluding hydrogens is 370 g/mol. The minimum Gasteiger partial charge on any atom is -0.744 e. The topological polar surface area (TPSA) is 61.1 Å². The molecule has 0 unspecified atom stereocenters. The van der Waals surface area contributed by atoms with Crippen molar-refractivity contribution in [2.45, 2.75) is 82.6 Å². The van der Waals surface area contributed by atoms with Crippen molar-refractivity contribution in [3.63, 3.8) is 0 Å². The van der Waals surface area contributed by atoms with E-state index in [-0.39, 0.29) is 4.90 Å². The number of benzene rings is 1. The molecule has 1 aromatic carbocycles. The zero-order valence-corrected chi connectivity index (χ0v) is 17.9. The van der Waals surface area contributed by atoms with E-state index < -0.39 is 10.1 Å². The normalized spacial score (nSPS) is 10.9. The van der Waals surface area contributed by atoms with Gasteiger partial charge in [-0.3, -0.25) is 0 Å². The summed E-state index contributed by atoms with van der Waals surface area (Å²) >= 11 is 0. The van der Waals surface area contributed by atoms with E-state index in [1.165, 1.54) is 95.0 Å². The Kier molecular flexibility index (Phi) is 13.2. The Balaban J connectivity index is 0.000000330. The highest BCUT2D eigenvalue weighted by Crippen LogP contribution is 2.10. The summed E-state index contributed by atoms with van der Waals surface area (Å²) < 4.78 is 33.1. The highest BCUT2D eigenvalue weighted by atomic mass is 32.2. The molecule has 0 radical (unpaired) electrons. The lowest BCUT2D eigenvalue weighted by atomic mass is 10.1. The highest BCUT2D eigenvalue weighted by molar-refractivity contribution is 7.85. The summed E-state index contributed by atoms with van der Waals surface area (Å²) in [6.07, 6.45) is 18.5. The van der Waals surface area contributed by atoms with Gasteiger partial charge in [-0.05, 0) is 18.6 Å². The van der Waals surface area contributed by atoms with Gasteiger partial charge in [0.15, 0.2) is 12.4 Å². The first kappa shape index (κ1) is 24.3. The molecule has 2 rings (SSSR count). The first-order chi connectivity index (χ1) is 13.5. The number of rotatable bonds is 12. The van der Waals surface area contributed by atoms with E-state index in [2.05, 4.69) is 42.1 Å². The van der Waals surface area contributed by atoms with Crippen LogP contribution in [-0.4, -0.2) is 13.0 Å². The predicted octanol–water partition coefficient (Wildman–Crippen LogP) is 5.49. The van der Waals surface area contributed by atoms with Gasteiger partial charge in [-0.2, -0.15) is 0 Å². The number of hydrogen-bond donors (Lipinski definition) is 0. The lowest BCUT2D eigenvalue weighted by Gasteiger charge is -2.04. The molecule has 0 aliphatic carbocycles. The molecule has 0 saturated carbocycles. The van der Waals surface area contributed by atoms with E-state index in [0.29, 0.717) is 0 Å². The molecule has 0 saturated heterocycles. The fourth-order valence-electron chi connectivity index (χ4n) is 2.95. The van der Waals surface area contributed by atoms with Gasteiger partial charge in [0.25, 0.3) is 0 Å². The van der Waals surface area contributed by atoms with Gasteiger partial charge in [-0.25, -0.2) is 13.0 Å². The smallest absolute Gasteiger partial charge is 0.168 e. The van der Waals surface area contributed by atoms with E-state index in [1.54, 1.807) is 6.07 Å². The van der Waals surface area contributed by atoms with Crippen molar-refractivity contribution in [2.24, 2.45) is 0 Å². The monoisotopic (exact) mass is 405 g/mol. The van der Waals surface area contributed by atoms with Crippen LogP contribution in [0.15, 0.2) is 65.8 Å². The fraction of sp³-hybridized carbons (Fsp3) is 0.522. The summed E-state index contributed by atoms with van der Waals surface area (Å²) in [6.45, 7) is 3.46. The first-order valence-corrected chi connectivity index (χ1v) is 11.9. The minimum absolute atomic E-state index is 0.185. The van der Waals surface area contributed by atoms with Gasteiger partial charge in [0.2, 0.25) is 0 Å². The second kappa shape index (κ2) is 15.2. The minimum atomic E-state index is -4.25. The molecular formula is C23H35NO3S. The SMILES string of the molecule is CCCCCCCCCCCC[n+]1ccccc1.O=S(=O)([O-])c1ccccc1. The van der Waals surface area contributed by atoms with E-state index >= 15 is 0 Å². The van der Waals surface area contributed by atoms with Crippen LogP contribution < -0.4 is 4.57 Å². The fourth-order valence-corrected chi connectivity index (χ4v) is 3.44. The summed E-state index contributed by atoms with van der Waals surface area (Å²) in [7, 11) is -4.25. The summed E-state index contributed by atoms with van der Waals surface area (Å²) in [5.74, 6) is 0. The van der Waals surface area contributed by atoms with E-state index in [1.807, 2.05) is 0 Å². The number of unbranched alkanes of at least 4 members (excludes halogenated alkanes) is 9. The lowest BCUT2D eigenvalue weighted by molar-refractivity contribution is -0.697. The van der Waals surface area contributed by atoms with Crippen LogP contribution in [0.5, 0.6) is 0 Å². The van der Waals surface area contributed by atoms with E-state index in [4.69, 9.17) is 0 Å². The highest BCUT2D eigenvalue weighted by Gasteiger charge is 1.98. The number of aromatic nitrogens is 1. The number of nitrogens with zero attached hydrogens (tertiary/aromatic N) is 1. The van der Waals surface area contributed by atoms with Crippen LogP contribution in [0, 0.1) is 0 Å². The summed E-state index contributed by atoms with van der Waals surface area (Å²) in [5.41, 5.74) is 0. The molecule has 0 aliphatic heterocycles. The van der Waals surface area contributed by atoms with Crippen molar-refractivity contribution in [1.29, 1.82) is 0 Å². The molecule has 4 nitrogen and oxygen atoms in total. The largest absolute Gasteiger partial charge is 0.744 e. The first-order valence-electron chi connectivity index (χ1n) is 10.5. The van der Waals surface area contributed by atoms with Crippen molar-refractivity contribution in [2.75, 3.05) is 0 Å². The lowest BCUT2D eigenvalue weighted by Crippen LogP contribution is -2.32. The maximum absolute atomic E-state index is 10.3. The molecule has 0 spiro atoms. The quantitative estimate of drug-likeness (QED) is 0.267. The van der Waals surface area contributed by atoms with Crippen LogP contribution in [0.3, 0.4) is 0 Å². The molecule has 0 amide bonds. The Morgan fingerprint density at radius 2 is 1.18 bits per heavy atom. The van der Waals surface area contributed by atoms with Crippen molar-refractivity contribution < 1.29 is 17.5 Å². The molecule has 28 heavy (non-hydrogen) atoms. The van der Waals surface area contributed by atoms with Crippen LogP contribution in [0.25, 0.3) is 0 Å². The second-order valence-corrected chi connectivity index (χ2v) is 8.44. The zero-order chi connectivity index (χ0) is 20.5. The maximum atomic E-state index is 10.3. The van der Waals surface area contributed by atoms with Crippen LogP contribution >= 0.6 is 0 Å². The van der Waals surface area contributed by atoms with Crippen LogP contribution in [0.2, 0.25) is 0 Å². The number of aryl methyl sites for hydroxylation is 1. The summed E-state index contributed by atoms with van der Waals surface area (Å²) in [4.78, 5) is -0.185. The Bertz CT molecular complexity index is 703. The van der Waals surface area contributed by atoms with Gasteiger partial charge >= 0.3 is 0 Å². The maximum Gasteiger partial charge on any atom is 0.168 e. The third-order valence-electron chi connectivity index (χ3n) is 4.58. The Labute approximate surface area is 171 Å². The Morgan fingerprint density at radius 1 is 0.714 bits per heavy atom. The molecule has 2 aromatic rings. The molecule has 156 valence electrons. The molecule has 5 heteroatoms. The van der Waals surface area contributed by atoms with E-state index in [9.17, 15) is 13.0 Å². The number of pyridine rings is 1. The van der Waals surface area contributed by atoms with Crippen LogP contribution in [0.4, 0.5) is 0 Å². The molecule has 1 heterocycles. The molecule has 0 atom stereocenters. The third-order valence-corrected chi connectivity index (χ3v) is 5.43. The van der Waals surface area contributed by atoms with Gasteiger partial charge in [-0.1, -0.05) is 82.6 Å². The van der Waals surface area contributed by atoms with Crippen LogP contribution in [-0.2, 0) is 16.7 Å². The van der Waals surface area contributed by atoms with Crippen molar-refractivity contribution >= 4 is 10.1 Å². The van der Waals surface area contributed by atoms with Crippen molar-refractivity contribution in [3.05, 3.63) is 60.9 Å². The van der Waals surface area contributed by atoms with Gasteiger partial charge in [0, 0.05) is 18.6 Å².